The highest BCUT2D eigenvalue weighted by Crippen LogP contribution is 2.17. The smallest absolute Gasteiger partial charge is 0.239 e. The van der Waals surface area contributed by atoms with Gasteiger partial charge in [0.25, 0.3) is 0 Å². The van der Waals surface area contributed by atoms with Gasteiger partial charge in [-0.15, -0.1) is 0 Å². The molecule has 1 atom stereocenters. The number of hydrogen-bond donors (Lipinski definition) is 0. The predicted octanol–water partition coefficient (Wildman–Crippen LogP) is -0.262. The van der Waals surface area contributed by atoms with E-state index in [1.54, 1.807) is 19.0 Å². The highest BCUT2D eigenvalue weighted by atomic mass is 16.2. The Morgan fingerprint density at radius 2 is 2.31 bits per heavy atom. The van der Waals surface area contributed by atoms with E-state index in [-0.39, 0.29) is 11.9 Å². The fourth-order valence-electron chi connectivity index (χ4n) is 1.72. The standard InChI is InChI=1S/C9H16N2O2/c1-10(2)9(13)8-4-3-5-11(8)6-7-12/h7-8H,3-6H2,1-2H3. The lowest BCUT2D eigenvalue weighted by Gasteiger charge is -2.23. The molecular weight excluding hydrogens is 168 g/mol. The lowest BCUT2D eigenvalue weighted by Crippen LogP contribution is -2.43. The fraction of sp³-hybridized carbons (Fsp3) is 0.778. The minimum absolute atomic E-state index is 0.0693. The fourth-order valence-corrected chi connectivity index (χ4v) is 1.72. The third kappa shape index (κ3) is 2.28. The first kappa shape index (κ1) is 10.2. The summed E-state index contributed by atoms with van der Waals surface area (Å²) in [5.74, 6) is 0.111. The van der Waals surface area contributed by atoms with E-state index in [0.717, 1.165) is 25.7 Å². The molecule has 0 aromatic rings. The van der Waals surface area contributed by atoms with Crippen LogP contribution >= 0.6 is 0 Å². The van der Waals surface area contributed by atoms with E-state index in [2.05, 4.69) is 0 Å². The number of likely N-dealkylation sites (N-methyl/N-ethyl adjacent to an activating group) is 1. The summed E-state index contributed by atoms with van der Waals surface area (Å²) in [7, 11) is 3.50. The highest BCUT2D eigenvalue weighted by Gasteiger charge is 2.30. The van der Waals surface area contributed by atoms with Crippen LogP contribution in [0.15, 0.2) is 0 Å². The molecule has 4 heteroatoms. The molecule has 1 aliphatic heterocycles. The largest absolute Gasteiger partial charge is 0.347 e. The molecular formula is C9H16N2O2. The van der Waals surface area contributed by atoms with Gasteiger partial charge >= 0.3 is 0 Å². The second-order valence-electron chi connectivity index (χ2n) is 3.55. The molecule has 0 saturated carbocycles. The van der Waals surface area contributed by atoms with Crippen LogP contribution in [-0.2, 0) is 9.59 Å². The summed E-state index contributed by atoms with van der Waals surface area (Å²) >= 11 is 0. The molecule has 0 aromatic heterocycles. The van der Waals surface area contributed by atoms with Crippen LogP contribution in [0.5, 0.6) is 0 Å². The third-order valence-corrected chi connectivity index (χ3v) is 2.40. The molecule has 1 heterocycles. The molecule has 13 heavy (non-hydrogen) atoms. The van der Waals surface area contributed by atoms with Gasteiger partial charge in [-0.25, -0.2) is 0 Å². The Morgan fingerprint density at radius 3 is 2.85 bits per heavy atom. The van der Waals surface area contributed by atoms with Gasteiger partial charge in [-0.05, 0) is 19.4 Å². The van der Waals surface area contributed by atoms with Gasteiger partial charge in [0.1, 0.15) is 6.29 Å². The summed E-state index contributed by atoms with van der Waals surface area (Å²) in [5.41, 5.74) is 0. The summed E-state index contributed by atoms with van der Waals surface area (Å²) in [5, 5.41) is 0. The first-order chi connectivity index (χ1) is 6.16. The van der Waals surface area contributed by atoms with Gasteiger partial charge in [-0.2, -0.15) is 0 Å². The van der Waals surface area contributed by atoms with Crippen LogP contribution in [-0.4, -0.2) is 55.2 Å². The van der Waals surface area contributed by atoms with E-state index in [9.17, 15) is 9.59 Å². The maximum Gasteiger partial charge on any atom is 0.239 e. The number of hydrogen-bond acceptors (Lipinski definition) is 3. The predicted molar refractivity (Wildman–Crippen MR) is 49.4 cm³/mol. The minimum Gasteiger partial charge on any atom is -0.347 e. The van der Waals surface area contributed by atoms with Gasteiger partial charge in [0, 0.05) is 14.1 Å². The summed E-state index contributed by atoms with van der Waals surface area (Å²) in [4.78, 5) is 25.5. The molecule has 0 aromatic carbocycles. The number of likely N-dealkylation sites (tertiary alicyclic amines) is 1. The van der Waals surface area contributed by atoms with Crippen molar-refractivity contribution in [3.8, 4) is 0 Å². The Hall–Kier alpha value is -0.900. The second kappa shape index (κ2) is 4.37. The zero-order valence-corrected chi connectivity index (χ0v) is 8.19. The molecule has 1 amide bonds. The van der Waals surface area contributed by atoms with Gasteiger partial charge in [-0.1, -0.05) is 0 Å². The molecule has 4 nitrogen and oxygen atoms in total. The van der Waals surface area contributed by atoms with Gasteiger partial charge in [0.15, 0.2) is 0 Å². The zero-order valence-electron chi connectivity index (χ0n) is 8.19. The third-order valence-electron chi connectivity index (χ3n) is 2.40. The molecule has 1 fully saturated rings. The molecule has 0 radical (unpaired) electrons. The van der Waals surface area contributed by atoms with E-state index in [1.807, 2.05) is 4.90 Å². The summed E-state index contributed by atoms with van der Waals surface area (Å²) < 4.78 is 0. The van der Waals surface area contributed by atoms with Gasteiger partial charge < -0.3 is 9.69 Å². The molecule has 0 N–H and O–H groups in total. The van der Waals surface area contributed by atoms with Gasteiger partial charge in [-0.3, -0.25) is 9.69 Å². The number of rotatable bonds is 3. The van der Waals surface area contributed by atoms with Crippen LogP contribution in [0.4, 0.5) is 0 Å². The van der Waals surface area contributed by atoms with E-state index in [0.29, 0.717) is 6.54 Å². The van der Waals surface area contributed by atoms with Crippen LogP contribution < -0.4 is 0 Å². The second-order valence-corrected chi connectivity index (χ2v) is 3.55. The van der Waals surface area contributed by atoms with E-state index in [1.165, 1.54) is 0 Å². The monoisotopic (exact) mass is 184 g/mol. The first-order valence-electron chi connectivity index (χ1n) is 4.55. The average molecular weight is 184 g/mol. The van der Waals surface area contributed by atoms with Crippen molar-refractivity contribution in [1.82, 2.24) is 9.80 Å². The molecule has 1 aliphatic rings. The quantitative estimate of drug-likeness (QED) is 0.567. The summed E-state index contributed by atoms with van der Waals surface area (Å²) in [6, 6.07) is -0.0693. The molecule has 0 aliphatic carbocycles. The lowest BCUT2D eigenvalue weighted by atomic mass is 10.2. The Morgan fingerprint density at radius 1 is 1.62 bits per heavy atom. The Balaban J connectivity index is 2.57. The lowest BCUT2D eigenvalue weighted by molar-refractivity contribution is -0.133. The van der Waals surface area contributed by atoms with Gasteiger partial charge in [0.2, 0.25) is 5.91 Å². The Labute approximate surface area is 78.5 Å². The van der Waals surface area contributed by atoms with E-state index in [4.69, 9.17) is 0 Å². The number of carbonyl (C=O) groups is 2. The Bertz CT molecular complexity index is 204. The van der Waals surface area contributed by atoms with Crippen molar-refractivity contribution < 1.29 is 9.59 Å². The van der Waals surface area contributed by atoms with Gasteiger partial charge in [0.05, 0.1) is 12.6 Å². The van der Waals surface area contributed by atoms with E-state index >= 15 is 0 Å². The number of aldehydes is 1. The van der Waals surface area contributed by atoms with Crippen LogP contribution in [0.3, 0.4) is 0 Å². The Kier molecular flexibility index (Phi) is 3.42. The maximum atomic E-state index is 11.6. The summed E-state index contributed by atoms with van der Waals surface area (Å²) in [6.45, 7) is 1.24. The average Bonchev–Trinajstić information content (AvgIpc) is 2.52. The van der Waals surface area contributed by atoms with Crippen LogP contribution in [0, 0.1) is 0 Å². The SMILES string of the molecule is CN(C)C(=O)C1CCCN1CC=O. The molecule has 1 saturated heterocycles. The van der Waals surface area contributed by atoms with Crippen molar-refractivity contribution in [1.29, 1.82) is 0 Å². The number of amides is 1. The van der Waals surface area contributed by atoms with E-state index < -0.39 is 0 Å². The molecule has 0 spiro atoms. The van der Waals surface area contributed by atoms with Crippen molar-refractivity contribution in [2.24, 2.45) is 0 Å². The normalized spacial score (nSPS) is 23.1. The van der Waals surface area contributed by atoms with Crippen molar-refractivity contribution in [3.05, 3.63) is 0 Å². The number of nitrogens with zero attached hydrogens (tertiary/aromatic N) is 2. The number of carbonyl (C=O) groups excluding carboxylic acids is 2. The highest BCUT2D eigenvalue weighted by molar-refractivity contribution is 5.82. The molecule has 0 bridgehead atoms. The first-order valence-corrected chi connectivity index (χ1v) is 4.55. The van der Waals surface area contributed by atoms with Crippen molar-refractivity contribution >= 4 is 12.2 Å². The van der Waals surface area contributed by atoms with Crippen molar-refractivity contribution in [2.45, 2.75) is 18.9 Å². The maximum absolute atomic E-state index is 11.6. The molecule has 1 rings (SSSR count). The van der Waals surface area contributed by atoms with Crippen LogP contribution in [0.25, 0.3) is 0 Å². The molecule has 1 unspecified atom stereocenters. The van der Waals surface area contributed by atoms with Crippen molar-refractivity contribution in [3.63, 3.8) is 0 Å². The summed E-state index contributed by atoms with van der Waals surface area (Å²) in [6.07, 6.45) is 2.75. The van der Waals surface area contributed by atoms with Crippen LogP contribution in [0.2, 0.25) is 0 Å². The minimum atomic E-state index is -0.0693. The molecule has 74 valence electrons. The topological polar surface area (TPSA) is 40.6 Å². The zero-order chi connectivity index (χ0) is 9.84. The van der Waals surface area contributed by atoms with Crippen LogP contribution in [0.1, 0.15) is 12.8 Å². The van der Waals surface area contributed by atoms with Crippen molar-refractivity contribution in [2.75, 3.05) is 27.2 Å².